The summed E-state index contributed by atoms with van der Waals surface area (Å²) in [5, 5.41) is 5.60. The molecule has 0 aliphatic carbocycles. The Morgan fingerprint density at radius 3 is 2.44 bits per heavy atom. The molecule has 0 fully saturated rings. The highest BCUT2D eigenvalue weighted by atomic mass is 16.5. The second kappa shape index (κ2) is 8.87. The van der Waals surface area contributed by atoms with Crippen LogP contribution in [0, 0.1) is 6.92 Å². The third-order valence-electron chi connectivity index (χ3n) is 3.95. The maximum atomic E-state index is 12.2. The van der Waals surface area contributed by atoms with Gasteiger partial charge in [-0.25, -0.2) is 0 Å². The third-order valence-corrected chi connectivity index (χ3v) is 3.95. The third kappa shape index (κ3) is 5.35. The number of carbonyl (C=O) groups is 2. The molecule has 0 aromatic heterocycles. The molecule has 0 saturated carbocycles. The van der Waals surface area contributed by atoms with Gasteiger partial charge in [-0.2, -0.15) is 0 Å². The summed E-state index contributed by atoms with van der Waals surface area (Å²) < 4.78 is 5.14. The summed E-state index contributed by atoms with van der Waals surface area (Å²) in [5.74, 6) is 0.301. The summed E-state index contributed by atoms with van der Waals surface area (Å²) in [4.78, 5) is 24.3. The predicted octanol–water partition coefficient (Wildman–Crippen LogP) is 3.00. The molecular weight excluding hydrogens is 316 g/mol. The van der Waals surface area contributed by atoms with Crippen LogP contribution in [-0.4, -0.2) is 25.5 Å². The molecule has 0 heterocycles. The molecule has 0 radical (unpaired) electrons. The van der Waals surface area contributed by atoms with E-state index < -0.39 is 0 Å². The summed E-state index contributed by atoms with van der Waals surface area (Å²) in [5.41, 5.74) is 2.55. The van der Waals surface area contributed by atoms with Crippen molar-refractivity contribution in [1.29, 1.82) is 0 Å². The van der Waals surface area contributed by atoms with Crippen molar-refractivity contribution in [3.63, 3.8) is 0 Å². The van der Waals surface area contributed by atoms with E-state index in [-0.39, 0.29) is 24.4 Å². The zero-order valence-corrected chi connectivity index (χ0v) is 14.8. The fourth-order valence-corrected chi connectivity index (χ4v) is 2.55. The zero-order valence-electron chi connectivity index (χ0n) is 14.8. The Morgan fingerprint density at radius 2 is 1.84 bits per heavy atom. The molecule has 2 amide bonds. The van der Waals surface area contributed by atoms with Crippen LogP contribution >= 0.6 is 0 Å². The van der Waals surface area contributed by atoms with E-state index in [4.69, 9.17) is 4.74 Å². The molecule has 0 bridgehead atoms. The normalized spacial score (nSPS) is 11.5. The van der Waals surface area contributed by atoms with E-state index in [1.54, 1.807) is 19.2 Å². The molecule has 132 valence electrons. The van der Waals surface area contributed by atoms with Crippen LogP contribution in [0.4, 0.5) is 0 Å². The highest BCUT2D eigenvalue weighted by molar-refractivity contribution is 5.96. The lowest BCUT2D eigenvalue weighted by Gasteiger charge is -2.18. The van der Waals surface area contributed by atoms with E-state index >= 15 is 0 Å². The smallest absolute Gasteiger partial charge is 0.251 e. The number of benzene rings is 2. The second-order valence-corrected chi connectivity index (χ2v) is 5.85. The molecular formula is C20H24N2O3. The Hall–Kier alpha value is -2.82. The van der Waals surface area contributed by atoms with Crippen molar-refractivity contribution in [3.05, 3.63) is 65.2 Å². The summed E-state index contributed by atoms with van der Waals surface area (Å²) in [6.45, 7) is 3.87. The van der Waals surface area contributed by atoms with Crippen molar-refractivity contribution in [2.45, 2.75) is 26.3 Å². The molecule has 5 nitrogen and oxygen atoms in total. The van der Waals surface area contributed by atoms with Gasteiger partial charge in [-0.1, -0.05) is 36.8 Å². The summed E-state index contributed by atoms with van der Waals surface area (Å²) in [6.07, 6.45) is 0.754. The molecule has 25 heavy (non-hydrogen) atoms. The first kappa shape index (κ1) is 18.5. The van der Waals surface area contributed by atoms with E-state index in [1.807, 2.05) is 50.2 Å². The number of aryl methyl sites for hydroxylation is 1. The largest absolute Gasteiger partial charge is 0.497 e. The Balaban J connectivity index is 1.90. The fraction of sp³-hybridized carbons (Fsp3) is 0.300. The van der Waals surface area contributed by atoms with Crippen LogP contribution in [0.5, 0.6) is 5.75 Å². The van der Waals surface area contributed by atoms with Crippen molar-refractivity contribution < 1.29 is 14.3 Å². The van der Waals surface area contributed by atoms with E-state index in [2.05, 4.69) is 10.6 Å². The van der Waals surface area contributed by atoms with E-state index in [9.17, 15) is 9.59 Å². The minimum Gasteiger partial charge on any atom is -0.497 e. The molecule has 2 rings (SSSR count). The molecule has 0 spiro atoms. The topological polar surface area (TPSA) is 67.4 Å². The van der Waals surface area contributed by atoms with Gasteiger partial charge in [0.1, 0.15) is 5.75 Å². The molecule has 0 aliphatic heterocycles. The summed E-state index contributed by atoms with van der Waals surface area (Å²) in [7, 11) is 1.62. The quantitative estimate of drug-likeness (QED) is 0.814. The van der Waals surface area contributed by atoms with Crippen LogP contribution in [0.2, 0.25) is 0 Å². The second-order valence-electron chi connectivity index (χ2n) is 5.85. The average molecular weight is 340 g/mol. The van der Waals surface area contributed by atoms with E-state index in [1.165, 1.54) is 0 Å². The molecule has 1 unspecified atom stereocenters. The Labute approximate surface area is 148 Å². The van der Waals surface area contributed by atoms with Crippen molar-refractivity contribution in [2.75, 3.05) is 13.7 Å². The van der Waals surface area contributed by atoms with Crippen LogP contribution in [0.3, 0.4) is 0 Å². The fourth-order valence-electron chi connectivity index (χ4n) is 2.55. The first-order valence-corrected chi connectivity index (χ1v) is 8.31. The predicted molar refractivity (Wildman–Crippen MR) is 97.7 cm³/mol. The minimum absolute atomic E-state index is 0.0561. The number of methoxy groups -OCH3 is 1. The Kier molecular flexibility index (Phi) is 6.57. The van der Waals surface area contributed by atoms with Gasteiger partial charge in [-0.3, -0.25) is 9.59 Å². The highest BCUT2D eigenvalue weighted by Crippen LogP contribution is 2.19. The molecule has 2 N–H and O–H groups in total. The van der Waals surface area contributed by atoms with Crippen LogP contribution in [-0.2, 0) is 4.79 Å². The Morgan fingerprint density at radius 1 is 1.12 bits per heavy atom. The van der Waals surface area contributed by atoms with E-state index in [0.29, 0.717) is 5.56 Å². The highest BCUT2D eigenvalue weighted by Gasteiger charge is 2.14. The first-order chi connectivity index (χ1) is 12.0. The number of amides is 2. The van der Waals surface area contributed by atoms with Gasteiger partial charge in [-0.05, 0) is 43.2 Å². The van der Waals surface area contributed by atoms with Crippen LogP contribution in [0.1, 0.15) is 40.9 Å². The van der Waals surface area contributed by atoms with Gasteiger partial charge in [0.2, 0.25) is 5.91 Å². The van der Waals surface area contributed by atoms with Crippen LogP contribution < -0.4 is 15.4 Å². The number of hydrogen-bond donors (Lipinski definition) is 2. The molecule has 2 aromatic rings. The zero-order chi connectivity index (χ0) is 18.2. The lowest BCUT2D eigenvalue weighted by Crippen LogP contribution is -2.38. The van der Waals surface area contributed by atoms with Gasteiger partial charge in [-0.15, -0.1) is 0 Å². The summed E-state index contributed by atoms with van der Waals surface area (Å²) in [6, 6.07) is 14.7. The van der Waals surface area contributed by atoms with Gasteiger partial charge >= 0.3 is 0 Å². The maximum absolute atomic E-state index is 12.2. The monoisotopic (exact) mass is 340 g/mol. The number of nitrogens with one attached hydrogen (secondary N) is 2. The summed E-state index contributed by atoms with van der Waals surface area (Å²) >= 11 is 0. The number of rotatable bonds is 7. The maximum Gasteiger partial charge on any atom is 0.251 e. The van der Waals surface area contributed by atoms with Crippen molar-refractivity contribution >= 4 is 11.8 Å². The first-order valence-electron chi connectivity index (χ1n) is 8.31. The standard InChI is InChI=1S/C20H24N2O3/c1-4-18(15-8-10-17(25-3)11-9-15)22-19(23)13-21-20(24)16-7-5-6-14(2)12-16/h5-12,18H,4,13H2,1-3H3,(H,21,24)(H,22,23). The van der Waals surface area contributed by atoms with Gasteiger partial charge in [0.15, 0.2) is 0 Å². The number of ether oxygens (including phenoxy) is 1. The molecule has 2 aromatic carbocycles. The van der Waals surface area contributed by atoms with Crippen molar-refractivity contribution in [2.24, 2.45) is 0 Å². The van der Waals surface area contributed by atoms with Gasteiger partial charge < -0.3 is 15.4 Å². The Bertz CT molecular complexity index is 726. The van der Waals surface area contributed by atoms with Gasteiger partial charge in [0.25, 0.3) is 5.91 Å². The van der Waals surface area contributed by atoms with Gasteiger partial charge in [0, 0.05) is 5.56 Å². The lowest BCUT2D eigenvalue weighted by atomic mass is 10.0. The number of carbonyl (C=O) groups excluding carboxylic acids is 2. The SMILES string of the molecule is CCC(NC(=O)CNC(=O)c1cccc(C)c1)c1ccc(OC)cc1. The van der Waals surface area contributed by atoms with E-state index in [0.717, 1.165) is 23.3 Å². The molecule has 0 aliphatic rings. The van der Waals surface area contributed by atoms with Crippen LogP contribution in [0.25, 0.3) is 0 Å². The molecule has 5 heteroatoms. The van der Waals surface area contributed by atoms with Crippen molar-refractivity contribution in [3.8, 4) is 5.75 Å². The van der Waals surface area contributed by atoms with Crippen LogP contribution in [0.15, 0.2) is 48.5 Å². The number of hydrogen-bond acceptors (Lipinski definition) is 3. The van der Waals surface area contributed by atoms with Crippen molar-refractivity contribution in [1.82, 2.24) is 10.6 Å². The average Bonchev–Trinajstić information content (AvgIpc) is 2.64. The molecule has 0 saturated heterocycles. The molecule has 1 atom stereocenters. The van der Waals surface area contributed by atoms with Gasteiger partial charge in [0.05, 0.1) is 19.7 Å². The minimum atomic E-state index is -0.253. The lowest BCUT2D eigenvalue weighted by molar-refractivity contribution is -0.120.